The van der Waals surface area contributed by atoms with Crippen molar-refractivity contribution < 1.29 is 17.9 Å². The highest BCUT2D eigenvalue weighted by Crippen LogP contribution is 2.23. The van der Waals surface area contributed by atoms with Crippen molar-refractivity contribution in [2.75, 3.05) is 12.4 Å². The number of amides is 1. The van der Waals surface area contributed by atoms with Crippen molar-refractivity contribution in [1.29, 1.82) is 0 Å². The first-order chi connectivity index (χ1) is 14.4. The van der Waals surface area contributed by atoms with Gasteiger partial charge in [-0.05, 0) is 30.7 Å². The molecule has 1 aromatic heterocycles. The Morgan fingerprint density at radius 2 is 2.00 bits per heavy atom. The average molecular weight is 445 g/mol. The minimum Gasteiger partial charge on any atom is -0.494 e. The number of nitrogens with zero attached hydrogens (tertiary/aromatic N) is 2. The van der Waals surface area contributed by atoms with Crippen LogP contribution < -0.4 is 9.54 Å². The zero-order chi connectivity index (χ0) is 21.6. The monoisotopic (exact) mass is 444 g/mol. The van der Waals surface area contributed by atoms with Gasteiger partial charge < -0.3 is 9.30 Å². The number of aromatic nitrogens is 1. The molecule has 0 spiro atoms. The lowest BCUT2D eigenvalue weighted by Gasteiger charge is -2.04. The predicted molar refractivity (Wildman–Crippen MR) is 120 cm³/mol. The third kappa shape index (κ3) is 5.67. The maximum atomic E-state index is 12.4. The normalized spacial score (nSPS) is 12.2. The first-order valence-electron chi connectivity index (χ1n) is 9.61. The molecule has 0 atom stereocenters. The zero-order valence-corrected chi connectivity index (χ0v) is 18.4. The molecule has 2 aromatic carbocycles. The Hall–Kier alpha value is -2.71. The van der Waals surface area contributed by atoms with Crippen LogP contribution in [0.25, 0.3) is 10.2 Å². The molecule has 0 fully saturated rings. The highest BCUT2D eigenvalue weighted by atomic mass is 32.2. The van der Waals surface area contributed by atoms with Crippen molar-refractivity contribution in [1.82, 2.24) is 4.57 Å². The summed E-state index contributed by atoms with van der Waals surface area (Å²) < 4.78 is 33.1. The summed E-state index contributed by atoms with van der Waals surface area (Å²) in [5.41, 5.74) is 1.63. The van der Waals surface area contributed by atoms with E-state index in [9.17, 15) is 13.2 Å². The molecule has 0 aliphatic carbocycles. The number of benzene rings is 2. The van der Waals surface area contributed by atoms with Gasteiger partial charge in [0.1, 0.15) is 5.75 Å². The van der Waals surface area contributed by atoms with Gasteiger partial charge in [0.05, 0.1) is 28.3 Å². The number of fused-ring (bicyclic) bond motifs is 1. The van der Waals surface area contributed by atoms with E-state index in [0.29, 0.717) is 23.5 Å². The van der Waals surface area contributed by atoms with E-state index < -0.39 is 15.7 Å². The number of hydrogen-bond acceptors (Lipinski definition) is 5. The van der Waals surface area contributed by atoms with E-state index in [4.69, 9.17) is 4.74 Å². The van der Waals surface area contributed by atoms with Crippen LogP contribution in [0.15, 0.2) is 66.2 Å². The molecule has 30 heavy (non-hydrogen) atoms. The molecule has 0 N–H and O–H groups in total. The molecular weight excluding hydrogens is 420 g/mol. The fourth-order valence-electron chi connectivity index (χ4n) is 3.01. The molecule has 0 unspecified atom stereocenters. The molecule has 0 saturated carbocycles. The predicted octanol–water partition coefficient (Wildman–Crippen LogP) is 3.72. The van der Waals surface area contributed by atoms with Crippen molar-refractivity contribution in [2.24, 2.45) is 4.99 Å². The van der Waals surface area contributed by atoms with Crippen LogP contribution >= 0.6 is 11.3 Å². The Labute approximate surface area is 180 Å². The molecule has 0 radical (unpaired) electrons. The summed E-state index contributed by atoms with van der Waals surface area (Å²) in [6.07, 6.45) is 1.58. The van der Waals surface area contributed by atoms with Gasteiger partial charge in [-0.25, -0.2) is 8.42 Å². The minimum absolute atomic E-state index is 0.0827. The molecule has 3 aromatic rings. The number of rotatable bonds is 9. The fraction of sp³-hybridized carbons (Fsp3) is 0.273. The zero-order valence-electron chi connectivity index (χ0n) is 16.8. The van der Waals surface area contributed by atoms with Crippen molar-refractivity contribution >= 4 is 37.3 Å². The topological polar surface area (TPSA) is 77.7 Å². The summed E-state index contributed by atoms with van der Waals surface area (Å²) in [7, 11) is -3.40. The van der Waals surface area contributed by atoms with E-state index in [0.717, 1.165) is 16.0 Å². The maximum absolute atomic E-state index is 12.4. The van der Waals surface area contributed by atoms with Gasteiger partial charge in [0, 0.05) is 13.0 Å². The number of ether oxygens (including phenoxy) is 1. The molecule has 1 heterocycles. The number of hydrogen-bond donors (Lipinski definition) is 0. The first-order valence-corrected chi connectivity index (χ1v) is 12.2. The highest BCUT2D eigenvalue weighted by Gasteiger charge is 2.15. The summed E-state index contributed by atoms with van der Waals surface area (Å²) >= 11 is 1.37. The van der Waals surface area contributed by atoms with Gasteiger partial charge in [0.25, 0.3) is 0 Å². The van der Waals surface area contributed by atoms with E-state index >= 15 is 0 Å². The summed E-state index contributed by atoms with van der Waals surface area (Å²) in [5.74, 6) is -0.0194. The lowest BCUT2D eigenvalue weighted by atomic mass is 10.2. The Bertz CT molecular complexity index is 1210. The van der Waals surface area contributed by atoms with Crippen molar-refractivity contribution in [3.8, 4) is 5.75 Å². The van der Waals surface area contributed by atoms with E-state index in [1.165, 1.54) is 11.3 Å². The average Bonchev–Trinajstić information content (AvgIpc) is 3.04. The standard InChI is InChI=1S/C22H24N2O4S2/c1-3-13-24-19-11-10-18(28-4-2)15-20(19)29-22(24)23-21(25)12-14-30(26,27)16-17-8-6-5-7-9-17/h3,5-11,15H,1,4,12-14,16H2,2H3. The molecule has 0 aliphatic rings. The summed E-state index contributed by atoms with van der Waals surface area (Å²) in [5, 5.41) is 0. The van der Waals surface area contributed by atoms with Gasteiger partial charge >= 0.3 is 0 Å². The van der Waals surface area contributed by atoms with Crippen molar-refractivity contribution in [2.45, 2.75) is 25.6 Å². The molecule has 0 saturated heterocycles. The fourth-order valence-corrected chi connectivity index (χ4v) is 5.42. The summed E-state index contributed by atoms with van der Waals surface area (Å²) in [4.78, 5) is 17.1. The Balaban J connectivity index is 1.80. The van der Waals surface area contributed by atoms with Gasteiger partial charge in [0.2, 0.25) is 5.91 Å². The quantitative estimate of drug-likeness (QED) is 0.471. The summed E-state index contributed by atoms with van der Waals surface area (Å²) in [6.45, 7) is 6.75. The smallest absolute Gasteiger partial charge is 0.249 e. The van der Waals surface area contributed by atoms with Crippen LogP contribution in [-0.4, -0.2) is 31.3 Å². The molecule has 1 amide bonds. The third-order valence-corrected chi connectivity index (χ3v) is 6.99. The lowest BCUT2D eigenvalue weighted by Crippen LogP contribution is -2.18. The van der Waals surface area contributed by atoms with Crippen LogP contribution in [-0.2, 0) is 26.9 Å². The van der Waals surface area contributed by atoms with Gasteiger partial charge in [-0.2, -0.15) is 4.99 Å². The van der Waals surface area contributed by atoms with Crippen LogP contribution in [0.3, 0.4) is 0 Å². The number of sulfone groups is 1. The molecule has 158 valence electrons. The largest absolute Gasteiger partial charge is 0.494 e. The lowest BCUT2D eigenvalue weighted by molar-refractivity contribution is -0.117. The SMILES string of the molecule is C=CCn1c(=NC(=O)CCS(=O)(=O)Cc2ccccc2)sc2cc(OCC)ccc21. The number of allylic oxidation sites excluding steroid dienone is 1. The van der Waals surface area contributed by atoms with E-state index in [-0.39, 0.29) is 17.9 Å². The van der Waals surface area contributed by atoms with Gasteiger partial charge in [-0.1, -0.05) is 47.7 Å². The number of carbonyl (C=O) groups excluding carboxylic acids is 1. The van der Waals surface area contributed by atoms with E-state index in [2.05, 4.69) is 11.6 Å². The summed E-state index contributed by atoms with van der Waals surface area (Å²) in [6, 6.07) is 14.7. The van der Waals surface area contributed by atoms with E-state index in [1.807, 2.05) is 35.8 Å². The van der Waals surface area contributed by atoms with Crippen molar-refractivity contribution in [3.05, 3.63) is 71.6 Å². The molecular formula is C22H24N2O4S2. The molecule has 3 rings (SSSR count). The van der Waals surface area contributed by atoms with Crippen LogP contribution in [0.2, 0.25) is 0 Å². The number of thiazole rings is 1. The van der Waals surface area contributed by atoms with Gasteiger partial charge in [-0.15, -0.1) is 6.58 Å². The second-order valence-electron chi connectivity index (χ2n) is 6.68. The second kappa shape index (κ2) is 9.86. The highest BCUT2D eigenvalue weighted by molar-refractivity contribution is 7.90. The Morgan fingerprint density at radius 3 is 2.70 bits per heavy atom. The van der Waals surface area contributed by atoms with Gasteiger partial charge in [0.15, 0.2) is 14.6 Å². The second-order valence-corrected chi connectivity index (χ2v) is 9.87. The van der Waals surface area contributed by atoms with E-state index in [1.54, 1.807) is 30.3 Å². The van der Waals surface area contributed by atoms with Crippen LogP contribution in [0.1, 0.15) is 18.9 Å². The molecule has 6 nitrogen and oxygen atoms in total. The molecule has 0 bridgehead atoms. The van der Waals surface area contributed by atoms with Crippen molar-refractivity contribution in [3.63, 3.8) is 0 Å². The minimum atomic E-state index is -3.40. The van der Waals surface area contributed by atoms with Crippen LogP contribution in [0.4, 0.5) is 0 Å². The maximum Gasteiger partial charge on any atom is 0.249 e. The molecule has 0 aliphatic heterocycles. The first kappa shape index (κ1) is 22.0. The Kier molecular flexibility index (Phi) is 7.23. The number of carbonyl (C=O) groups is 1. The van der Waals surface area contributed by atoms with Crippen LogP contribution in [0.5, 0.6) is 5.75 Å². The Morgan fingerprint density at radius 1 is 1.23 bits per heavy atom. The molecule has 8 heteroatoms. The third-order valence-electron chi connectivity index (χ3n) is 4.35. The van der Waals surface area contributed by atoms with Gasteiger partial charge in [-0.3, -0.25) is 4.79 Å². The van der Waals surface area contributed by atoms with Crippen LogP contribution in [0, 0.1) is 0 Å².